The largest absolute Gasteiger partial charge is 0.472 e. The van der Waals surface area contributed by atoms with E-state index >= 15 is 0 Å². The second kappa shape index (κ2) is 6.89. The number of rotatable bonds is 6. The molecule has 1 heterocycles. The van der Waals surface area contributed by atoms with Crippen LogP contribution in [0.2, 0.25) is 0 Å². The third-order valence-electron chi connectivity index (χ3n) is 2.35. The maximum atomic E-state index is 5.02. The van der Waals surface area contributed by atoms with Crippen molar-refractivity contribution in [3.63, 3.8) is 0 Å². The van der Waals surface area contributed by atoms with Crippen molar-refractivity contribution in [2.75, 3.05) is 0 Å². The fourth-order valence-electron chi connectivity index (χ4n) is 1.45. The molecule has 1 aromatic heterocycles. The summed E-state index contributed by atoms with van der Waals surface area (Å²) in [7, 11) is 0. The van der Waals surface area contributed by atoms with E-state index in [2.05, 4.69) is 31.7 Å². The number of aryl methyl sites for hydroxylation is 1. The molecule has 1 rings (SSSR count). The van der Waals surface area contributed by atoms with Crippen LogP contribution in [0, 0.1) is 0 Å². The van der Waals surface area contributed by atoms with Gasteiger partial charge in [0.15, 0.2) is 0 Å². The Balaban J connectivity index is 2.26. The standard InChI is InChI=1S/C15H20O/c1-13(2)6-4-7-14(3)8-5-9-15-10-11-16-12-15/h4,6,8,10-12H,1,5,7,9H2,2-3H3/b6-4+,14-8+. The predicted molar refractivity (Wildman–Crippen MR) is 69.4 cm³/mol. The van der Waals surface area contributed by atoms with Crippen molar-refractivity contribution < 1.29 is 4.42 Å². The van der Waals surface area contributed by atoms with Crippen molar-refractivity contribution in [3.8, 4) is 0 Å². The minimum atomic E-state index is 1.01. The molecule has 0 aliphatic carbocycles. The van der Waals surface area contributed by atoms with E-state index in [1.807, 2.05) is 19.3 Å². The molecule has 0 radical (unpaired) electrons. The van der Waals surface area contributed by atoms with E-state index in [-0.39, 0.29) is 0 Å². The first-order chi connectivity index (χ1) is 7.68. The average Bonchev–Trinajstić information content (AvgIpc) is 2.70. The Labute approximate surface area is 98.2 Å². The van der Waals surface area contributed by atoms with Crippen molar-refractivity contribution in [2.24, 2.45) is 0 Å². The van der Waals surface area contributed by atoms with Gasteiger partial charge in [0.1, 0.15) is 0 Å². The summed E-state index contributed by atoms with van der Waals surface area (Å²) >= 11 is 0. The zero-order valence-corrected chi connectivity index (χ0v) is 10.2. The van der Waals surface area contributed by atoms with Gasteiger partial charge in [-0.1, -0.05) is 36.0 Å². The van der Waals surface area contributed by atoms with Gasteiger partial charge in [0, 0.05) is 0 Å². The molecule has 0 aromatic carbocycles. The molecule has 0 aliphatic heterocycles. The summed E-state index contributed by atoms with van der Waals surface area (Å²) in [5.41, 5.74) is 3.77. The number of allylic oxidation sites excluding steroid dienone is 5. The third kappa shape index (κ3) is 5.40. The molecule has 0 atom stereocenters. The van der Waals surface area contributed by atoms with E-state index in [1.165, 1.54) is 11.1 Å². The van der Waals surface area contributed by atoms with E-state index in [0.29, 0.717) is 0 Å². The van der Waals surface area contributed by atoms with Crippen LogP contribution in [0.5, 0.6) is 0 Å². The van der Waals surface area contributed by atoms with Gasteiger partial charge < -0.3 is 4.42 Å². The summed E-state index contributed by atoms with van der Waals surface area (Å²) < 4.78 is 5.02. The number of furan rings is 1. The van der Waals surface area contributed by atoms with Crippen molar-refractivity contribution >= 4 is 0 Å². The highest BCUT2D eigenvalue weighted by Gasteiger charge is 1.92. The van der Waals surface area contributed by atoms with Crippen LogP contribution in [0.1, 0.15) is 32.3 Å². The third-order valence-corrected chi connectivity index (χ3v) is 2.35. The second-order valence-corrected chi connectivity index (χ2v) is 4.17. The first-order valence-corrected chi connectivity index (χ1v) is 5.67. The summed E-state index contributed by atoms with van der Waals surface area (Å²) in [6, 6.07) is 2.02. The van der Waals surface area contributed by atoms with Crippen LogP contribution in [-0.2, 0) is 6.42 Å². The lowest BCUT2D eigenvalue weighted by molar-refractivity contribution is 0.564. The molecule has 0 unspecified atom stereocenters. The highest BCUT2D eigenvalue weighted by atomic mass is 16.3. The summed E-state index contributed by atoms with van der Waals surface area (Å²) in [4.78, 5) is 0. The summed E-state index contributed by atoms with van der Waals surface area (Å²) in [5.74, 6) is 0. The maximum absolute atomic E-state index is 5.02. The molecule has 0 saturated heterocycles. The Morgan fingerprint density at radius 1 is 1.44 bits per heavy atom. The van der Waals surface area contributed by atoms with Gasteiger partial charge in [-0.05, 0) is 44.7 Å². The van der Waals surface area contributed by atoms with Crippen molar-refractivity contribution in [1.82, 2.24) is 0 Å². The second-order valence-electron chi connectivity index (χ2n) is 4.17. The van der Waals surface area contributed by atoms with Crippen molar-refractivity contribution in [1.29, 1.82) is 0 Å². The lowest BCUT2D eigenvalue weighted by atomic mass is 10.1. The van der Waals surface area contributed by atoms with Crippen LogP contribution in [0.4, 0.5) is 0 Å². The Bertz CT molecular complexity index is 366. The topological polar surface area (TPSA) is 13.1 Å². The first kappa shape index (κ1) is 12.6. The van der Waals surface area contributed by atoms with E-state index in [1.54, 1.807) is 6.26 Å². The van der Waals surface area contributed by atoms with Gasteiger partial charge in [-0.2, -0.15) is 0 Å². The molecule has 0 spiro atoms. The highest BCUT2D eigenvalue weighted by molar-refractivity contribution is 5.15. The Hall–Kier alpha value is -1.50. The van der Waals surface area contributed by atoms with Gasteiger partial charge >= 0.3 is 0 Å². The molecule has 0 N–H and O–H groups in total. The van der Waals surface area contributed by atoms with Crippen LogP contribution in [0.3, 0.4) is 0 Å². The first-order valence-electron chi connectivity index (χ1n) is 5.67. The summed E-state index contributed by atoms with van der Waals surface area (Å²) in [6.45, 7) is 8.00. The van der Waals surface area contributed by atoms with Gasteiger partial charge in [-0.15, -0.1) is 0 Å². The molecule has 1 aromatic rings. The minimum absolute atomic E-state index is 1.01. The lowest BCUT2D eigenvalue weighted by Gasteiger charge is -1.96. The van der Waals surface area contributed by atoms with Crippen LogP contribution in [-0.4, -0.2) is 0 Å². The lowest BCUT2D eigenvalue weighted by Crippen LogP contribution is -1.80. The number of hydrogen-bond acceptors (Lipinski definition) is 1. The molecule has 1 heteroatoms. The van der Waals surface area contributed by atoms with Gasteiger partial charge in [-0.3, -0.25) is 0 Å². The van der Waals surface area contributed by atoms with Gasteiger partial charge in [0.2, 0.25) is 0 Å². The smallest absolute Gasteiger partial charge is 0.0934 e. The average molecular weight is 216 g/mol. The molecule has 0 fully saturated rings. The van der Waals surface area contributed by atoms with E-state index in [4.69, 9.17) is 4.42 Å². The Morgan fingerprint density at radius 2 is 2.25 bits per heavy atom. The van der Waals surface area contributed by atoms with Crippen molar-refractivity contribution in [2.45, 2.75) is 33.1 Å². The van der Waals surface area contributed by atoms with E-state index in [0.717, 1.165) is 24.8 Å². The summed E-state index contributed by atoms with van der Waals surface area (Å²) in [5, 5.41) is 0. The predicted octanol–water partition coefficient (Wildman–Crippen LogP) is 4.68. The van der Waals surface area contributed by atoms with Crippen LogP contribution < -0.4 is 0 Å². The highest BCUT2D eigenvalue weighted by Crippen LogP contribution is 2.08. The zero-order valence-electron chi connectivity index (χ0n) is 10.2. The fourth-order valence-corrected chi connectivity index (χ4v) is 1.45. The zero-order chi connectivity index (χ0) is 11.8. The Morgan fingerprint density at radius 3 is 2.88 bits per heavy atom. The molecular weight excluding hydrogens is 196 g/mol. The van der Waals surface area contributed by atoms with E-state index < -0.39 is 0 Å². The molecule has 0 bridgehead atoms. The maximum Gasteiger partial charge on any atom is 0.0934 e. The molecular formula is C15H20O. The van der Waals surface area contributed by atoms with E-state index in [9.17, 15) is 0 Å². The Kier molecular flexibility index (Phi) is 5.41. The van der Waals surface area contributed by atoms with Crippen LogP contribution in [0.25, 0.3) is 0 Å². The van der Waals surface area contributed by atoms with Crippen LogP contribution in [0.15, 0.2) is 59.0 Å². The van der Waals surface area contributed by atoms with Gasteiger partial charge in [0.25, 0.3) is 0 Å². The molecule has 16 heavy (non-hydrogen) atoms. The SMILES string of the molecule is C=C(C)/C=C/C/C(C)=C/CCc1ccoc1. The number of hydrogen-bond donors (Lipinski definition) is 0. The monoisotopic (exact) mass is 216 g/mol. The molecule has 0 saturated carbocycles. The molecule has 0 amide bonds. The molecule has 0 aliphatic rings. The van der Waals surface area contributed by atoms with Crippen LogP contribution >= 0.6 is 0 Å². The fraction of sp³-hybridized carbons (Fsp3) is 0.333. The van der Waals surface area contributed by atoms with Gasteiger partial charge in [-0.25, -0.2) is 0 Å². The molecule has 1 nitrogen and oxygen atoms in total. The van der Waals surface area contributed by atoms with Gasteiger partial charge in [0.05, 0.1) is 12.5 Å². The minimum Gasteiger partial charge on any atom is -0.472 e. The van der Waals surface area contributed by atoms with Crippen molar-refractivity contribution in [3.05, 3.63) is 60.1 Å². The normalized spacial score (nSPS) is 12.2. The quantitative estimate of drug-likeness (QED) is 0.497. The molecule has 86 valence electrons. The summed E-state index contributed by atoms with van der Waals surface area (Å²) in [6.07, 6.45) is 13.2.